The van der Waals surface area contributed by atoms with Gasteiger partial charge >= 0.3 is 0 Å². The lowest BCUT2D eigenvalue weighted by molar-refractivity contribution is -0.0617. The summed E-state index contributed by atoms with van der Waals surface area (Å²) >= 11 is 0. The van der Waals surface area contributed by atoms with E-state index in [0.29, 0.717) is 5.92 Å². The van der Waals surface area contributed by atoms with Crippen LogP contribution in [0.3, 0.4) is 0 Å². The van der Waals surface area contributed by atoms with Crippen molar-refractivity contribution in [2.75, 3.05) is 41.3 Å². The summed E-state index contributed by atoms with van der Waals surface area (Å²) in [5.74, 6) is 3.15. The van der Waals surface area contributed by atoms with Crippen molar-refractivity contribution < 1.29 is 5.11 Å². The normalized spacial score (nSPS) is 29.3. The van der Waals surface area contributed by atoms with Crippen LogP contribution in [0.2, 0.25) is 0 Å². The molecule has 3 aliphatic rings. The van der Waals surface area contributed by atoms with E-state index in [1.165, 1.54) is 63.5 Å². The quantitative estimate of drug-likeness (QED) is 0.449. The van der Waals surface area contributed by atoms with Crippen LogP contribution < -0.4 is 0 Å². The van der Waals surface area contributed by atoms with Crippen LogP contribution in [0.1, 0.15) is 80.4 Å². The van der Waals surface area contributed by atoms with Crippen molar-refractivity contribution in [1.29, 1.82) is 0 Å². The predicted molar refractivity (Wildman–Crippen MR) is 157 cm³/mol. The highest BCUT2D eigenvalue weighted by molar-refractivity contribution is 5.34. The zero-order valence-corrected chi connectivity index (χ0v) is 24.0. The fourth-order valence-electron chi connectivity index (χ4n) is 7.65. The van der Waals surface area contributed by atoms with E-state index in [-0.39, 0.29) is 0 Å². The summed E-state index contributed by atoms with van der Waals surface area (Å²) in [6, 6.07) is 19.7. The Morgan fingerprint density at radius 3 is 2.27 bits per heavy atom. The van der Waals surface area contributed by atoms with Crippen LogP contribution in [0.15, 0.2) is 54.6 Å². The van der Waals surface area contributed by atoms with E-state index < -0.39 is 5.60 Å². The molecule has 0 radical (unpaired) electrons. The van der Waals surface area contributed by atoms with Gasteiger partial charge < -0.3 is 14.9 Å². The maximum absolute atomic E-state index is 11.0. The van der Waals surface area contributed by atoms with Gasteiger partial charge in [0.25, 0.3) is 0 Å². The minimum absolute atomic E-state index is 0.431. The van der Waals surface area contributed by atoms with E-state index in [0.717, 1.165) is 43.6 Å². The van der Waals surface area contributed by atoms with Crippen molar-refractivity contribution in [3.05, 3.63) is 71.3 Å². The molecule has 204 valence electrons. The van der Waals surface area contributed by atoms with Crippen molar-refractivity contribution >= 4 is 0 Å². The van der Waals surface area contributed by atoms with Gasteiger partial charge in [-0.1, -0.05) is 73.9 Å². The molecule has 3 heteroatoms. The predicted octanol–water partition coefficient (Wildman–Crippen LogP) is 6.80. The van der Waals surface area contributed by atoms with E-state index in [1.54, 1.807) is 11.1 Å². The lowest BCUT2D eigenvalue weighted by atomic mass is 9.63. The lowest BCUT2D eigenvalue weighted by Gasteiger charge is -2.43. The second kappa shape index (κ2) is 13.4. The largest absolute Gasteiger partial charge is 0.390 e. The maximum Gasteiger partial charge on any atom is 0.0691 e. The maximum atomic E-state index is 11.0. The summed E-state index contributed by atoms with van der Waals surface area (Å²) in [5.41, 5.74) is 4.19. The Kier molecular flexibility index (Phi) is 10.3. The average molecular weight is 505 g/mol. The Morgan fingerprint density at radius 1 is 0.784 bits per heavy atom. The summed E-state index contributed by atoms with van der Waals surface area (Å²) in [7, 11) is 8.65. The molecule has 0 unspecified atom stereocenters. The molecule has 0 saturated heterocycles. The molecule has 2 fully saturated rings. The SMILES string of the molecule is CN(C)C[C@@H]1CCC[C@H]2c3ccccc3CC[C@H]12.CN(C)C[C@H]1CCCC[C@]1(O)CCc1ccccc1. The molecule has 2 aromatic rings. The van der Waals surface area contributed by atoms with Gasteiger partial charge in [0.15, 0.2) is 0 Å². The van der Waals surface area contributed by atoms with Crippen molar-refractivity contribution in [1.82, 2.24) is 9.80 Å². The van der Waals surface area contributed by atoms with Crippen LogP contribution in [-0.2, 0) is 12.8 Å². The van der Waals surface area contributed by atoms with Gasteiger partial charge in [-0.15, -0.1) is 0 Å². The van der Waals surface area contributed by atoms with Gasteiger partial charge in [-0.2, -0.15) is 0 Å². The number of aliphatic hydroxyl groups is 1. The van der Waals surface area contributed by atoms with Crippen LogP contribution >= 0.6 is 0 Å². The highest BCUT2D eigenvalue weighted by Crippen LogP contribution is 2.47. The number of nitrogens with zero attached hydrogens (tertiary/aromatic N) is 2. The van der Waals surface area contributed by atoms with Crippen LogP contribution in [0.4, 0.5) is 0 Å². The van der Waals surface area contributed by atoms with Crippen molar-refractivity contribution in [2.45, 2.75) is 82.1 Å². The summed E-state index contributed by atoms with van der Waals surface area (Å²) in [5, 5.41) is 11.0. The molecule has 0 aromatic heterocycles. The summed E-state index contributed by atoms with van der Waals surface area (Å²) < 4.78 is 0. The first-order valence-electron chi connectivity index (χ1n) is 15.0. The minimum atomic E-state index is -0.460. The lowest BCUT2D eigenvalue weighted by Crippen LogP contribution is -2.45. The molecule has 1 N–H and O–H groups in total. The molecular formula is C34H52N2O. The Labute approximate surface area is 227 Å². The molecule has 2 saturated carbocycles. The van der Waals surface area contributed by atoms with Crippen molar-refractivity contribution in [3.63, 3.8) is 0 Å². The number of hydrogen-bond acceptors (Lipinski definition) is 3. The second-order valence-electron chi connectivity index (χ2n) is 12.8. The first-order valence-corrected chi connectivity index (χ1v) is 15.0. The Hall–Kier alpha value is -1.68. The molecule has 0 bridgehead atoms. The van der Waals surface area contributed by atoms with E-state index >= 15 is 0 Å². The molecule has 5 atom stereocenters. The van der Waals surface area contributed by atoms with Crippen LogP contribution in [-0.4, -0.2) is 61.8 Å². The smallest absolute Gasteiger partial charge is 0.0691 e. The third kappa shape index (κ3) is 7.68. The van der Waals surface area contributed by atoms with Gasteiger partial charge in [-0.3, -0.25) is 0 Å². The molecule has 0 spiro atoms. The van der Waals surface area contributed by atoms with E-state index in [1.807, 2.05) is 6.07 Å². The average Bonchev–Trinajstić information content (AvgIpc) is 2.89. The fraction of sp³-hybridized carbons (Fsp3) is 0.647. The molecule has 5 rings (SSSR count). The monoisotopic (exact) mass is 504 g/mol. The standard InChI is InChI=1S/C17H27NO.C17H25N/c1-18(2)14-16-10-6-7-12-17(16,19)13-11-15-8-4-3-5-9-15;1-18(2)12-14-7-5-9-17-15-8-4-3-6-13(15)10-11-16(14)17/h3-5,8-9,16,19H,6-7,10-14H2,1-2H3;3-4,6,8,14,16-17H,5,7,9-12H2,1-2H3/t16-,17+;14-,16+,17-/m10/s1. The fourth-order valence-corrected chi connectivity index (χ4v) is 7.65. The number of benzene rings is 2. The van der Waals surface area contributed by atoms with Crippen molar-refractivity contribution in [3.8, 4) is 0 Å². The number of hydrogen-bond donors (Lipinski definition) is 1. The topological polar surface area (TPSA) is 26.7 Å². The van der Waals surface area contributed by atoms with Gasteiger partial charge in [0.05, 0.1) is 5.60 Å². The van der Waals surface area contributed by atoms with E-state index in [9.17, 15) is 5.11 Å². The summed E-state index contributed by atoms with van der Waals surface area (Å²) in [6.45, 7) is 2.29. The number of rotatable bonds is 7. The Bertz CT molecular complexity index is 942. The Morgan fingerprint density at radius 2 is 1.51 bits per heavy atom. The molecule has 37 heavy (non-hydrogen) atoms. The Balaban J connectivity index is 0.000000173. The molecule has 2 aromatic carbocycles. The second-order valence-corrected chi connectivity index (χ2v) is 12.8. The molecule has 3 aliphatic carbocycles. The third-order valence-corrected chi connectivity index (χ3v) is 9.46. The molecule has 0 aliphatic heterocycles. The number of aryl methyl sites for hydroxylation is 2. The van der Waals surface area contributed by atoms with E-state index in [4.69, 9.17) is 0 Å². The van der Waals surface area contributed by atoms with Gasteiger partial charge in [-0.25, -0.2) is 0 Å². The van der Waals surface area contributed by atoms with Gasteiger partial charge in [0.2, 0.25) is 0 Å². The molecule has 3 nitrogen and oxygen atoms in total. The molecule has 0 heterocycles. The first-order chi connectivity index (χ1) is 17.9. The van der Waals surface area contributed by atoms with Gasteiger partial charge in [0, 0.05) is 19.0 Å². The third-order valence-electron chi connectivity index (χ3n) is 9.46. The van der Waals surface area contributed by atoms with Gasteiger partial charge in [-0.05, 0) is 114 Å². The first kappa shape index (κ1) is 28.3. The zero-order valence-electron chi connectivity index (χ0n) is 24.0. The van der Waals surface area contributed by atoms with Gasteiger partial charge in [0.1, 0.15) is 0 Å². The minimum Gasteiger partial charge on any atom is -0.390 e. The zero-order chi connectivity index (χ0) is 26.3. The van der Waals surface area contributed by atoms with Crippen LogP contribution in [0.25, 0.3) is 0 Å². The van der Waals surface area contributed by atoms with Crippen LogP contribution in [0, 0.1) is 17.8 Å². The van der Waals surface area contributed by atoms with Crippen molar-refractivity contribution in [2.24, 2.45) is 17.8 Å². The number of fused-ring (bicyclic) bond motifs is 3. The highest BCUT2D eigenvalue weighted by atomic mass is 16.3. The summed E-state index contributed by atoms with van der Waals surface area (Å²) in [4.78, 5) is 4.59. The highest BCUT2D eigenvalue weighted by Gasteiger charge is 2.39. The summed E-state index contributed by atoms with van der Waals surface area (Å²) in [6.07, 6.45) is 13.5. The van der Waals surface area contributed by atoms with E-state index in [2.05, 4.69) is 86.5 Å². The molecular weight excluding hydrogens is 452 g/mol. The van der Waals surface area contributed by atoms with Crippen LogP contribution in [0.5, 0.6) is 0 Å². The molecule has 0 amide bonds.